The molecule has 2 aromatic rings. The van der Waals surface area contributed by atoms with Crippen LogP contribution in [0.4, 0.5) is 0 Å². The van der Waals surface area contributed by atoms with Gasteiger partial charge in [-0.2, -0.15) is 0 Å². The number of hydrogen-bond acceptors (Lipinski definition) is 5. The van der Waals surface area contributed by atoms with Gasteiger partial charge >= 0.3 is 0 Å². The normalized spacial score (nSPS) is 21.3. The smallest absolute Gasteiger partial charge is 0.154 e. The summed E-state index contributed by atoms with van der Waals surface area (Å²) in [5.74, 6) is -0.229. The zero-order chi connectivity index (χ0) is 20.1. The van der Waals surface area contributed by atoms with E-state index in [4.69, 9.17) is 23.2 Å². The van der Waals surface area contributed by atoms with E-state index in [1.54, 1.807) is 0 Å². The fourth-order valence-electron chi connectivity index (χ4n) is 3.45. The highest BCUT2D eigenvalue weighted by molar-refractivity contribution is 7.91. The monoisotopic (exact) mass is 442 g/mol. The quantitative estimate of drug-likeness (QED) is 0.615. The van der Waals surface area contributed by atoms with Crippen LogP contribution in [-0.2, 0) is 22.9 Å². The van der Waals surface area contributed by atoms with Crippen molar-refractivity contribution < 1.29 is 13.5 Å². The van der Waals surface area contributed by atoms with Crippen LogP contribution in [0.15, 0.2) is 48.5 Å². The van der Waals surface area contributed by atoms with Crippen molar-refractivity contribution >= 4 is 33.0 Å². The largest absolute Gasteiger partial charge is 0.390 e. The van der Waals surface area contributed by atoms with Crippen molar-refractivity contribution in [3.05, 3.63) is 69.7 Å². The first-order valence-corrected chi connectivity index (χ1v) is 11.7. The standard InChI is InChI=1S/C20H24Cl2N2O3S/c21-17-7-3-1-5-15(17)11-23-9-10-24(12-16-6-2-4-8-18(16)22)19-13-28(26,27)14-20(19)25/h1-8,19-20,23,25H,9-14H2/t19-,20-/m0/s1. The van der Waals surface area contributed by atoms with Crippen LogP contribution in [0.25, 0.3) is 0 Å². The Balaban J connectivity index is 1.66. The minimum Gasteiger partial charge on any atom is -0.390 e. The van der Waals surface area contributed by atoms with Crippen LogP contribution in [0.3, 0.4) is 0 Å². The summed E-state index contributed by atoms with van der Waals surface area (Å²) in [6, 6.07) is 14.7. The van der Waals surface area contributed by atoms with E-state index < -0.39 is 22.0 Å². The van der Waals surface area contributed by atoms with Crippen LogP contribution in [0.5, 0.6) is 0 Å². The molecule has 0 spiro atoms. The molecule has 1 heterocycles. The summed E-state index contributed by atoms with van der Waals surface area (Å²) in [5.41, 5.74) is 1.91. The molecule has 2 aromatic carbocycles. The molecule has 1 aliphatic rings. The number of nitrogens with one attached hydrogen (secondary N) is 1. The summed E-state index contributed by atoms with van der Waals surface area (Å²) in [6.45, 7) is 2.29. The molecule has 1 fully saturated rings. The minimum atomic E-state index is -3.23. The number of aliphatic hydroxyl groups excluding tert-OH is 1. The average molecular weight is 443 g/mol. The van der Waals surface area contributed by atoms with Crippen molar-refractivity contribution in [3.8, 4) is 0 Å². The summed E-state index contributed by atoms with van der Waals surface area (Å²) in [7, 11) is -3.23. The topological polar surface area (TPSA) is 69.6 Å². The van der Waals surface area contributed by atoms with Gasteiger partial charge in [-0.25, -0.2) is 8.42 Å². The van der Waals surface area contributed by atoms with Gasteiger partial charge in [0.05, 0.1) is 23.7 Å². The van der Waals surface area contributed by atoms with Crippen LogP contribution in [0.1, 0.15) is 11.1 Å². The zero-order valence-electron chi connectivity index (χ0n) is 15.4. The van der Waals surface area contributed by atoms with Crippen molar-refractivity contribution in [3.63, 3.8) is 0 Å². The lowest BCUT2D eigenvalue weighted by atomic mass is 10.1. The van der Waals surface area contributed by atoms with Crippen LogP contribution in [0, 0.1) is 0 Å². The van der Waals surface area contributed by atoms with Crippen molar-refractivity contribution in [2.75, 3.05) is 24.6 Å². The number of aliphatic hydroxyl groups is 1. The number of hydrogen-bond donors (Lipinski definition) is 2. The number of nitrogens with zero attached hydrogens (tertiary/aromatic N) is 1. The summed E-state index contributed by atoms with van der Waals surface area (Å²) >= 11 is 12.5. The Kier molecular flexibility index (Phi) is 7.36. The molecule has 0 amide bonds. The molecular weight excluding hydrogens is 419 g/mol. The number of rotatable bonds is 8. The third-order valence-corrected chi connectivity index (χ3v) is 7.38. The molecule has 2 atom stereocenters. The molecule has 0 bridgehead atoms. The lowest BCUT2D eigenvalue weighted by Crippen LogP contribution is -2.45. The fourth-order valence-corrected chi connectivity index (χ4v) is 5.68. The molecule has 0 saturated carbocycles. The molecule has 1 saturated heterocycles. The van der Waals surface area contributed by atoms with Crippen molar-refractivity contribution in [1.29, 1.82) is 0 Å². The summed E-state index contributed by atoms with van der Waals surface area (Å²) in [6.07, 6.45) is -0.893. The molecule has 2 N–H and O–H groups in total. The van der Waals surface area contributed by atoms with Gasteiger partial charge in [-0.1, -0.05) is 59.6 Å². The average Bonchev–Trinajstić information content (AvgIpc) is 2.93. The van der Waals surface area contributed by atoms with Crippen LogP contribution < -0.4 is 5.32 Å². The van der Waals surface area contributed by atoms with Crippen molar-refractivity contribution in [2.45, 2.75) is 25.2 Å². The first kappa shape index (κ1) is 21.6. The Morgan fingerprint density at radius 3 is 2.18 bits per heavy atom. The van der Waals surface area contributed by atoms with Gasteiger partial charge in [0.1, 0.15) is 0 Å². The summed E-state index contributed by atoms with van der Waals surface area (Å²) in [5, 5.41) is 15.0. The van der Waals surface area contributed by atoms with Gasteiger partial charge in [0.15, 0.2) is 9.84 Å². The number of halogens is 2. The molecule has 5 nitrogen and oxygen atoms in total. The van der Waals surface area contributed by atoms with E-state index in [-0.39, 0.29) is 11.5 Å². The van der Waals surface area contributed by atoms with Crippen molar-refractivity contribution in [1.82, 2.24) is 10.2 Å². The number of sulfone groups is 1. The van der Waals surface area contributed by atoms with Gasteiger partial charge in [0.25, 0.3) is 0 Å². The van der Waals surface area contributed by atoms with Gasteiger partial charge in [0, 0.05) is 36.2 Å². The molecule has 1 aliphatic heterocycles. The second kappa shape index (κ2) is 9.57. The summed E-state index contributed by atoms with van der Waals surface area (Å²) < 4.78 is 24.0. The van der Waals surface area contributed by atoms with Gasteiger partial charge in [-0.15, -0.1) is 0 Å². The first-order chi connectivity index (χ1) is 13.4. The van der Waals surface area contributed by atoms with Crippen LogP contribution in [0.2, 0.25) is 10.0 Å². The Bertz CT molecular complexity index is 908. The summed E-state index contributed by atoms with van der Waals surface area (Å²) in [4.78, 5) is 2.00. The lowest BCUT2D eigenvalue weighted by Gasteiger charge is -2.30. The molecule has 0 radical (unpaired) electrons. The molecule has 8 heteroatoms. The van der Waals surface area contributed by atoms with E-state index >= 15 is 0 Å². The highest BCUT2D eigenvalue weighted by Gasteiger charge is 2.39. The van der Waals surface area contributed by atoms with E-state index in [9.17, 15) is 13.5 Å². The molecule has 152 valence electrons. The Labute approximate surface area is 176 Å². The minimum absolute atomic E-state index is 0.0386. The van der Waals surface area contributed by atoms with E-state index in [1.165, 1.54) is 0 Å². The second-order valence-electron chi connectivity index (χ2n) is 7.04. The number of benzene rings is 2. The molecular formula is C20H24Cl2N2O3S. The third kappa shape index (κ3) is 5.69. The van der Waals surface area contributed by atoms with E-state index in [0.29, 0.717) is 36.2 Å². The predicted octanol–water partition coefficient (Wildman–Crippen LogP) is 2.74. The van der Waals surface area contributed by atoms with Crippen molar-refractivity contribution in [2.24, 2.45) is 0 Å². The molecule has 0 aromatic heterocycles. The SMILES string of the molecule is O=S1(=O)C[C@H](O)[C@@H](N(CCNCc2ccccc2Cl)Cc2ccccc2Cl)C1. The fraction of sp³-hybridized carbons (Fsp3) is 0.400. The highest BCUT2D eigenvalue weighted by Crippen LogP contribution is 2.23. The third-order valence-electron chi connectivity index (χ3n) is 4.94. The van der Waals surface area contributed by atoms with E-state index in [1.807, 2.05) is 53.4 Å². The van der Waals surface area contributed by atoms with Crippen LogP contribution in [-0.4, -0.2) is 55.2 Å². The Morgan fingerprint density at radius 1 is 1.00 bits per heavy atom. The zero-order valence-corrected chi connectivity index (χ0v) is 17.7. The maximum absolute atomic E-state index is 12.0. The van der Waals surface area contributed by atoms with E-state index in [0.717, 1.165) is 11.1 Å². The predicted molar refractivity (Wildman–Crippen MR) is 113 cm³/mol. The first-order valence-electron chi connectivity index (χ1n) is 9.16. The Morgan fingerprint density at radius 2 is 1.61 bits per heavy atom. The maximum atomic E-state index is 12.0. The molecule has 28 heavy (non-hydrogen) atoms. The van der Waals surface area contributed by atoms with Gasteiger partial charge in [-0.3, -0.25) is 4.90 Å². The van der Waals surface area contributed by atoms with Gasteiger partial charge in [-0.05, 0) is 23.3 Å². The van der Waals surface area contributed by atoms with Gasteiger partial charge in [0.2, 0.25) is 0 Å². The lowest BCUT2D eigenvalue weighted by molar-refractivity contribution is 0.0786. The molecule has 0 unspecified atom stereocenters. The second-order valence-corrected chi connectivity index (χ2v) is 10.0. The maximum Gasteiger partial charge on any atom is 0.154 e. The van der Waals surface area contributed by atoms with Crippen LogP contribution >= 0.6 is 23.2 Å². The molecule has 3 rings (SSSR count). The highest BCUT2D eigenvalue weighted by atomic mass is 35.5. The van der Waals surface area contributed by atoms with E-state index in [2.05, 4.69) is 5.32 Å². The Hall–Kier alpha value is -1.15. The molecule has 0 aliphatic carbocycles. The van der Waals surface area contributed by atoms with Gasteiger partial charge < -0.3 is 10.4 Å².